The Kier molecular flexibility index (Phi) is 24.4. The molecule has 0 spiro atoms. The van der Waals surface area contributed by atoms with Crippen LogP contribution in [-0.2, 0) is 42.9 Å². The lowest BCUT2D eigenvalue weighted by molar-refractivity contribution is -0.174. The molecule has 0 aliphatic heterocycles. The van der Waals surface area contributed by atoms with Gasteiger partial charge in [0.25, 0.3) is 0 Å². The summed E-state index contributed by atoms with van der Waals surface area (Å²) < 4.78 is 20.9. The van der Waals surface area contributed by atoms with Crippen LogP contribution in [0.4, 0.5) is 0 Å². The van der Waals surface area contributed by atoms with Crippen LogP contribution in [0.1, 0.15) is 135 Å². The number of carboxylic acids is 1. The van der Waals surface area contributed by atoms with Gasteiger partial charge in [-0.2, -0.15) is 0 Å². The zero-order valence-corrected chi connectivity index (χ0v) is 34.5. The molecule has 1 aliphatic carbocycles. The van der Waals surface area contributed by atoms with Gasteiger partial charge in [-0.15, -0.1) is 0 Å². The Labute approximate surface area is 314 Å². The van der Waals surface area contributed by atoms with Gasteiger partial charge in [-0.1, -0.05) is 81.0 Å². The Bertz CT molecular complexity index is 1130. The van der Waals surface area contributed by atoms with Crippen LogP contribution in [0.25, 0.3) is 0 Å². The van der Waals surface area contributed by atoms with Crippen LogP contribution in [0.15, 0.2) is 24.8 Å². The SMILES string of the molecule is C/C=C\C.C=CC(=O)OCC1CCC(OC(=O)C(C)(CC(C)C)C(C)C)C(O)C1.CC(C)C(C)(CC(C)(C)C)C(=O)OCCOC(=O)CCC(=O)O. The number of ether oxygens (including phenoxy) is 4. The molecule has 0 aromatic rings. The Balaban J connectivity index is 0. The maximum Gasteiger partial charge on any atom is 0.330 e. The third-order valence-electron chi connectivity index (χ3n) is 9.42. The van der Waals surface area contributed by atoms with Crippen molar-refractivity contribution in [1.29, 1.82) is 0 Å². The van der Waals surface area contributed by atoms with Crippen molar-refractivity contribution in [2.24, 2.45) is 39.9 Å². The molecule has 1 fully saturated rings. The van der Waals surface area contributed by atoms with Crippen LogP contribution in [0.3, 0.4) is 0 Å². The van der Waals surface area contributed by atoms with Crippen molar-refractivity contribution in [3.63, 3.8) is 0 Å². The fourth-order valence-corrected chi connectivity index (χ4v) is 5.78. The lowest BCUT2D eigenvalue weighted by atomic mass is 9.69. The van der Waals surface area contributed by atoms with E-state index >= 15 is 0 Å². The van der Waals surface area contributed by atoms with Gasteiger partial charge in [0.1, 0.15) is 19.3 Å². The zero-order valence-electron chi connectivity index (χ0n) is 34.5. The number of aliphatic carboxylic acids is 1. The zero-order chi connectivity index (χ0) is 40.9. The van der Waals surface area contributed by atoms with Gasteiger partial charge >= 0.3 is 29.8 Å². The van der Waals surface area contributed by atoms with Crippen molar-refractivity contribution in [3.8, 4) is 0 Å². The van der Waals surface area contributed by atoms with Crippen LogP contribution in [-0.4, -0.2) is 72.1 Å². The number of carboxylic acid groups (broad SMARTS) is 1. The monoisotopic (exact) mass is 741 g/mol. The fraction of sp³-hybridized carbons (Fsp3) is 0.780. The number of aliphatic hydroxyl groups is 1. The van der Waals surface area contributed by atoms with Gasteiger partial charge in [0, 0.05) is 6.08 Å². The van der Waals surface area contributed by atoms with E-state index in [0.717, 1.165) is 18.9 Å². The van der Waals surface area contributed by atoms with Crippen molar-refractivity contribution in [3.05, 3.63) is 24.8 Å². The third-order valence-corrected chi connectivity index (χ3v) is 9.42. The van der Waals surface area contributed by atoms with Gasteiger partial charge in [0.15, 0.2) is 0 Å². The summed E-state index contributed by atoms with van der Waals surface area (Å²) in [7, 11) is 0. The van der Waals surface area contributed by atoms with E-state index in [0.29, 0.717) is 25.2 Å². The molecule has 302 valence electrons. The minimum atomic E-state index is -1.05. The molecule has 2 N–H and O–H groups in total. The van der Waals surface area contributed by atoms with Crippen LogP contribution in [0.2, 0.25) is 0 Å². The quantitative estimate of drug-likeness (QED) is 0.0487. The smallest absolute Gasteiger partial charge is 0.330 e. The molecule has 52 heavy (non-hydrogen) atoms. The number of aliphatic hydroxyl groups excluding tert-OH is 1. The molecular formula is C41H72O11. The number of carbonyl (C=O) groups excluding carboxylic acids is 4. The first-order chi connectivity index (χ1) is 23.9. The molecule has 1 rings (SSSR count). The molecule has 0 saturated heterocycles. The molecule has 0 amide bonds. The van der Waals surface area contributed by atoms with E-state index in [-0.39, 0.29) is 67.8 Å². The van der Waals surface area contributed by atoms with Crippen LogP contribution in [0, 0.1) is 39.9 Å². The summed E-state index contributed by atoms with van der Waals surface area (Å²) in [6, 6.07) is 0. The molecule has 0 bridgehead atoms. The first-order valence-corrected chi connectivity index (χ1v) is 18.7. The number of hydrogen-bond donors (Lipinski definition) is 2. The normalized spacial score (nSPS) is 19.6. The van der Waals surface area contributed by atoms with E-state index in [2.05, 4.69) is 41.2 Å². The molecule has 11 heteroatoms. The van der Waals surface area contributed by atoms with Crippen molar-refractivity contribution < 1.29 is 53.1 Å². The van der Waals surface area contributed by atoms with E-state index in [1.165, 1.54) is 0 Å². The minimum absolute atomic E-state index is 0.0126. The lowest BCUT2D eigenvalue weighted by Crippen LogP contribution is -2.44. The summed E-state index contributed by atoms with van der Waals surface area (Å²) in [6.07, 6.45) is 6.72. The van der Waals surface area contributed by atoms with Gasteiger partial charge in [-0.3, -0.25) is 19.2 Å². The second kappa shape index (κ2) is 24.9. The Morgan fingerprint density at radius 2 is 1.33 bits per heavy atom. The predicted molar refractivity (Wildman–Crippen MR) is 203 cm³/mol. The molecule has 5 unspecified atom stereocenters. The van der Waals surface area contributed by atoms with Crippen molar-refractivity contribution >= 4 is 29.8 Å². The van der Waals surface area contributed by atoms with Gasteiger partial charge in [-0.05, 0) is 88.9 Å². The third kappa shape index (κ3) is 20.7. The number of hydrogen-bond acceptors (Lipinski definition) is 10. The van der Waals surface area contributed by atoms with E-state index in [1.807, 2.05) is 67.5 Å². The standard InChI is InChI=1S/C20H34O5.C17H30O6.C4H8/c1-7-18(22)24-12-15-8-9-17(16(21)10-15)25-19(23)20(6,14(4)5)11-13(2)3;1-12(2)17(6,11-16(3,4)5)15(21)23-10-9-22-14(20)8-7-13(18)19;1-3-4-2/h7,13-17,21H,1,8-12H2,2-6H3;12H,7-11H2,1-6H3,(H,18,19);3-4H,1-2H3/b;;4-3-. The molecule has 0 heterocycles. The topological polar surface area (TPSA) is 163 Å². The second-order valence-corrected chi connectivity index (χ2v) is 16.4. The average molecular weight is 741 g/mol. The number of rotatable bonds is 17. The van der Waals surface area contributed by atoms with Gasteiger partial charge in [-0.25, -0.2) is 4.79 Å². The average Bonchev–Trinajstić information content (AvgIpc) is 3.04. The molecule has 11 nitrogen and oxygen atoms in total. The van der Waals surface area contributed by atoms with Gasteiger partial charge in [0.2, 0.25) is 0 Å². The number of esters is 4. The minimum Gasteiger partial charge on any atom is -0.481 e. The number of allylic oxidation sites excluding steroid dienone is 2. The molecule has 1 aliphatic rings. The molecule has 0 radical (unpaired) electrons. The Morgan fingerprint density at radius 1 is 0.788 bits per heavy atom. The highest BCUT2D eigenvalue weighted by atomic mass is 16.6. The predicted octanol–water partition coefficient (Wildman–Crippen LogP) is 8.12. The summed E-state index contributed by atoms with van der Waals surface area (Å²) in [5.74, 6) is -1.89. The lowest BCUT2D eigenvalue weighted by Gasteiger charge is -2.37. The second-order valence-electron chi connectivity index (χ2n) is 16.4. The van der Waals surface area contributed by atoms with E-state index in [1.54, 1.807) is 0 Å². The Hall–Kier alpha value is -3.21. The van der Waals surface area contributed by atoms with Crippen molar-refractivity contribution in [2.75, 3.05) is 19.8 Å². The molecular weight excluding hydrogens is 668 g/mol. The first-order valence-electron chi connectivity index (χ1n) is 18.7. The molecule has 0 aromatic heterocycles. The first kappa shape index (κ1) is 50.9. The van der Waals surface area contributed by atoms with E-state index < -0.39 is 40.9 Å². The van der Waals surface area contributed by atoms with E-state index in [4.69, 9.17) is 24.1 Å². The highest BCUT2D eigenvalue weighted by Crippen LogP contribution is 2.40. The van der Waals surface area contributed by atoms with Crippen molar-refractivity contribution in [1.82, 2.24) is 0 Å². The Morgan fingerprint density at radius 3 is 1.75 bits per heavy atom. The molecule has 1 saturated carbocycles. The molecule has 5 atom stereocenters. The maximum atomic E-state index is 12.8. The highest BCUT2D eigenvalue weighted by Gasteiger charge is 2.43. The van der Waals surface area contributed by atoms with E-state index in [9.17, 15) is 29.1 Å². The van der Waals surface area contributed by atoms with Gasteiger partial charge in [0.05, 0.1) is 36.4 Å². The van der Waals surface area contributed by atoms with Gasteiger partial charge < -0.3 is 29.2 Å². The maximum absolute atomic E-state index is 12.8. The van der Waals surface area contributed by atoms with Crippen molar-refractivity contribution in [2.45, 2.75) is 147 Å². The summed E-state index contributed by atoms with van der Waals surface area (Å²) in [4.78, 5) is 57.9. The summed E-state index contributed by atoms with van der Waals surface area (Å²) >= 11 is 0. The van der Waals surface area contributed by atoms with Crippen LogP contribution >= 0.6 is 0 Å². The summed E-state index contributed by atoms with van der Waals surface area (Å²) in [5, 5.41) is 18.8. The molecule has 0 aromatic carbocycles. The largest absolute Gasteiger partial charge is 0.481 e. The summed E-state index contributed by atoms with van der Waals surface area (Å²) in [6.45, 7) is 29.8. The number of carbonyl (C=O) groups is 5. The van der Waals surface area contributed by atoms with Crippen LogP contribution < -0.4 is 0 Å². The summed E-state index contributed by atoms with van der Waals surface area (Å²) in [5.41, 5.74) is -1.17. The van der Waals surface area contributed by atoms with Crippen LogP contribution in [0.5, 0.6) is 0 Å². The fourth-order valence-electron chi connectivity index (χ4n) is 5.78. The highest BCUT2D eigenvalue weighted by molar-refractivity contribution is 5.81.